The quantitative estimate of drug-likeness (QED) is 0.787. The molecule has 1 aromatic carbocycles. The molecule has 1 heterocycles. The van der Waals surface area contributed by atoms with Gasteiger partial charge in [0.15, 0.2) is 9.84 Å². The number of carbonyl (C=O) groups excluding carboxylic acids is 1. The Labute approximate surface area is 150 Å². The standard InChI is InChI=1S/C18H28N2O4S/c1-3-13-25(23,24)17-8-6-5-7-16(17)18(22)20-11-9-19(10-12-20)15(4-2)14-21/h5-8,15,21H,3-4,9-14H2,1-2H3/t15-/m0/s1. The molecular formula is C18H28N2O4S. The molecule has 6 nitrogen and oxygen atoms in total. The number of sulfone groups is 1. The summed E-state index contributed by atoms with van der Waals surface area (Å²) in [7, 11) is -3.45. The summed E-state index contributed by atoms with van der Waals surface area (Å²) in [6, 6.07) is 6.60. The highest BCUT2D eigenvalue weighted by molar-refractivity contribution is 7.91. The van der Waals surface area contributed by atoms with Crippen LogP contribution in [0.15, 0.2) is 29.2 Å². The average Bonchev–Trinajstić information content (AvgIpc) is 2.63. The number of hydrogen-bond acceptors (Lipinski definition) is 5. The molecule has 1 aromatic rings. The van der Waals surface area contributed by atoms with Crippen LogP contribution in [0.1, 0.15) is 37.0 Å². The van der Waals surface area contributed by atoms with Gasteiger partial charge in [-0.15, -0.1) is 0 Å². The molecule has 0 spiro atoms. The number of carbonyl (C=O) groups is 1. The summed E-state index contributed by atoms with van der Waals surface area (Å²) in [5.41, 5.74) is 0.263. The van der Waals surface area contributed by atoms with Crippen molar-refractivity contribution in [1.82, 2.24) is 9.80 Å². The zero-order chi connectivity index (χ0) is 18.4. The van der Waals surface area contributed by atoms with Crippen molar-refractivity contribution in [3.63, 3.8) is 0 Å². The van der Waals surface area contributed by atoms with E-state index in [2.05, 4.69) is 4.90 Å². The molecule has 7 heteroatoms. The third-order valence-corrected chi connectivity index (χ3v) is 6.70. The van der Waals surface area contributed by atoms with E-state index in [-0.39, 0.29) is 34.8 Å². The van der Waals surface area contributed by atoms with Crippen LogP contribution in [0.2, 0.25) is 0 Å². The number of piperazine rings is 1. The number of aliphatic hydroxyl groups is 1. The van der Waals surface area contributed by atoms with Gasteiger partial charge in [0.25, 0.3) is 5.91 Å². The van der Waals surface area contributed by atoms with Crippen molar-refractivity contribution in [2.24, 2.45) is 0 Å². The van der Waals surface area contributed by atoms with E-state index >= 15 is 0 Å². The van der Waals surface area contributed by atoms with Gasteiger partial charge >= 0.3 is 0 Å². The number of hydrogen-bond donors (Lipinski definition) is 1. The van der Waals surface area contributed by atoms with Crippen LogP contribution in [0, 0.1) is 0 Å². The third-order valence-electron chi connectivity index (χ3n) is 4.73. The fraction of sp³-hybridized carbons (Fsp3) is 0.611. The van der Waals surface area contributed by atoms with E-state index in [1.165, 1.54) is 6.07 Å². The smallest absolute Gasteiger partial charge is 0.255 e. The van der Waals surface area contributed by atoms with Gasteiger partial charge in [0.1, 0.15) is 0 Å². The SMILES string of the molecule is CCCS(=O)(=O)c1ccccc1C(=O)N1CCN([C@@H](CC)CO)CC1. The van der Waals surface area contributed by atoms with E-state index in [9.17, 15) is 18.3 Å². The molecule has 0 saturated carbocycles. The van der Waals surface area contributed by atoms with Crippen LogP contribution in [-0.4, -0.2) is 73.8 Å². The molecule has 140 valence electrons. The third kappa shape index (κ3) is 4.59. The Morgan fingerprint density at radius 3 is 2.36 bits per heavy atom. The topological polar surface area (TPSA) is 77.9 Å². The van der Waals surface area contributed by atoms with Gasteiger partial charge in [-0.3, -0.25) is 9.69 Å². The van der Waals surface area contributed by atoms with E-state index in [0.29, 0.717) is 32.6 Å². The fourth-order valence-corrected chi connectivity index (χ4v) is 4.79. The van der Waals surface area contributed by atoms with Crippen LogP contribution >= 0.6 is 0 Å². The summed E-state index contributed by atoms with van der Waals surface area (Å²) < 4.78 is 24.9. The zero-order valence-corrected chi connectivity index (χ0v) is 15.8. The minimum atomic E-state index is -3.45. The van der Waals surface area contributed by atoms with E-state index < -0.39 is 9.84 Å². The lowest BCUT2D eigenvalue weighted by Crippen LogP contribution is -2.52. The van der Waals surface area contributed by atoms with Crippen LogP contribution in [0.25, 0.3) is 0 Å². The number of aliphatic hydroxyl groups excluding tert-OH is 1. The maximum Gasteiger partial charge on any atom is 0.255 e. The largest absolute Gasteiger partial charge is 0.395 e. The van der Waals surface area contributed by atoms with Gasteiger partial charge in [-0.1, -0.05) is 26.0 Å². The molecule has 0 bridgehead atoms. The van der Waals surface area contributed by atoms with Gasteiger partial charge in [-0.25, -0.2) is 8.42 Å². The number of benzene rings is 1. The second-order valence-electron chi connectivity index (χ2n) is 6.39. The second-order valence-corrected chi connectivity index (χ2v) is 8.47. The van der Waals surface area contributed by atoms with E-state index in [0.717, 1.165) is 6.42 Å². The minimum absolute atomic E-state index is 0.0414. The highest BCUT2D eigenvalue weighted by atomic mass is 32.2. The van der Waals surface area contributed by atoms with Crippen LogP contribution in [-0.2, 0) is 9.84 Å². The van der Waals surface area contributed by atoms with Gasteiger partial charge in [-0.05, 0) is 25.0 Å². The summed E-state index contributed by atoms with van der Waals surface area (Å²) >= 11 is 0. The predicted octanol–water partition coefficient (Wildman–Crippen LogP) is 1.40. The summed E-state index contributed by atoms with van der Waals surface area (Å²) in [5, 5.41) is 9.42. The van der Waals surface area contributed by atoms with Crippen molar-refractivity contribution in [2.75, 3.05) is 38.5 Å². The summed E-state index contributed by atoms with van der Waals surface area (Å²) in [6.07, 6.45) is 1.38. The molecule has 0 aliphatic carbocycles. The lowest BCUT2D eigenvalue weighted by atomic mass is 10.1. The van der Waals surface area contributed by atoms with Crippen LogP contribution in [0.3, 0.4) is 0 Å². The van der Waals surface area contributed by atoms with Crippen molar-refractivity contribution in [1.29, 1.82) is 0 Å². The molecule has 1 aliphatic rings. The van der Waals surface area contributed by atoms with Crippen molar-refractivity contribution in [3.8, 4) is 0 Å². The first kappa shape index (κ1) is 19.9. The Balaban J connectivity index is 2.15. The van der Waals surface area contributed by atoms with Crippen molar-refractivity contribution in [2.45, 2.75) is 37.6 Å². The molecule has 1 atom stereocenters. The average molecular weight is 368 g/mol. The summed E-state index contributed by atoms with van der Waals surface area (Å²) in [6.45, 7) is 6.42. The monoisotopic (exact) mass is 368 g/mol. The first-order valence-electron chi connectivity index (χ1n) is 8.90. The summed E-state index contributed by atoms with van der Waals surface area (Å²) in [5.74, 6) is -0.188. The van der Waals surface area contributed by atoms with Crippen molar-refractivity contribution in [3.05, 3.63) is 29.8 Å². The van der Waals surface area contributed by atoms with E-state index in [4.69, 9.17) is 0 Å². The van der Waals surface area contributed by atoms with Crippen LogP contribution in [0.5, 0.6) is 0 Å². The molecule has 1 N–H and O–H groups in total. The molecule has 0 unspecified atom stereocenters. The van der Waals surface area contributed by atoms with Gasteiger partial charge in [0, 0.05) is 32.2 Å². The molecule has 1 saturated heterocycles. The first-order valence-corrected chi connectivity index (χ1v) is 10.6. The highest BCUT2D eigenvalue weighted by Gasteiger charge is 2.28. The van der Waals surface area contributed by atoms with Crippen molar-refractivity contribution >= 4 is 15.7 Å². The maximum absolute atomic E-state index is 12.9. The minimum Gasteiger partial charge on any atom is -0.395 e. The Morgan fingerprint density at radius 2 is 1.80 bits per heavy atom. The Kier molecular flexibility index (Phi) is 6.98. The van der Waals surface area contributed by atoms with Gasteiger partial charge in [0.2, 0.25) is 0 Å². The van der Waals surface area contributed by atoms with Gasteiger partial charge in [0.05, 0.1) is 22.8 Å². The predicted molar refractivity (Wildman–Crippen MR) is 97.4 cm³/mol. The molecule has 25 heavy (non-hydrogen) atoms. The number of rotatable bonds is 7. The van der Waals surface area contributed by atoms with E-state index in [1.54, 1.807) is 23.1 Å². The number of amides is 1. The lowest BCUT2D eigenvalue weighted by molar-refractivity contribution is 0.0469. The summed E-state index contributed by atoms with van der Waals surface area (Å²) in [4.78, 5) is 16.9. The normalized spacial score (nSPS) is 17.5. The number of nitrogens with zero attached hydrogens (tertiary/aromatic N) is 2. The molecule has 2 rings (SSSR count). The van der Waals surface area contributed by atoms with Crippen LogP contribution < -0.4 is 0 Å². The molecule has 1 aliphatic heterocycles. The molecular weight excluding hydrogens is 340 g/mol. The Bertz CT molecular complexity index is 678. The lowest BCUT2D eigenvalue weighted by Gasteiger charge is -2.38. The van der Waals surface area contributed by atoms with Gasteiger partial charge < -0.3 is 10.0 Å². The van der Waals surface area contributed by atoms with Crippen LogP contribution in [0.4, 0.5) is 0 Å². The molecule has 0 radical (unpaired) electrons. The van der Waals surface area contributed by atoms with Crippen molar-refractivity contribution < 1.29 is 18.3 Å². The fourth-order valence-electron chi connectivity index (χ4n) is 3.26. The van der Waals surface area contributed by atoms with E-state index in [1.807, 2.05) is 13.8 Å². The highest BCUT2D eigenvalue weighted by Crippen LogP contribution is 2.21. The molecule has 1 amide bonds. The maximum atomic E-state index is 12.9. The molecule has 0 aromatic heterocycles. The Morgan fingerprint density at radius 1 is 1.16 bits per heavy atom. The molecule has 1 fully saturated rings. The Hall–Kier alpha value is -1.44. The zero-order valence-electron chi connectivity index (χ0n) is 15.0. The van der Waals surface area contributed by atoms with Gasteiger partial charge in [-0.2, -0.15) is 0 Å². The second kappa shape index (κ2) is 8.78. The first-order chi connectivity index (χ1) is 11.9.